The molecule has 0 fully saturated rings. The van der Waals surface area contributed by atoms with Gasteiger partial charge in [-0.05, 0) is 29.5 Å². The van der Waals surface area contributed by atoms with E-state index in [9.17, 15) is 0 Å². The van der Waals surface area contributed by atoms with E-state index in [1.54, 1.807) is 0 Å². The van der Waals surface area contributed by atoms with E-state index in [-0.39, 0.29) is 1.43 Å². The first-order valence-electron chi connectivity index (χ1n) is 5.58. The van der Waals surface area contributed by atoms with Gasteiger partial charge in [-0.25, -0.2) is 0 Å². The van der Waals surface area contributed by atoms with Gasteiger partial charge in [0, 0.05) is 7.34 Å². The van der Waals surface area contributed by atoms with Gasteiger partial charge in [-0.1, -0.05) is 54.6 Å². The molecule has 0 N–H and O–H groups in total. The molecule has 0 aliphatic heterocycles. The Morgan fingerprint density at radius 2 is 1.60 bits per heavy atom. The average Bonchev–Trinajstić information content (AvgIpc) is 2.74. The van der Waals surface area contributed by atoms with E-state index in [0.29, 0.717) is 5.92 Å². The first kappa shape index (κ1) is 8.72. The van der Waals surface area contributed by atoms with Crippen LogP contribution in [0.25, 0.3) is 0 Å². The van der Waals surface area contributed by atoms with Crippen LogP contribution in [0.4, 0.5) is 0 Å². The third-order valence-corrected chi connectivity index (χ3v) is 3.33. The Morgan fingerprint density at radius 3 is 2.47 bits per heavy atom. The maximum Gasteiger partial charge on any atom is 0.00952 e. The molecule has 0 spiro atoms. The van der Waals surface area contributed by atoms with Crippen molar-refractivity contribution >= 4 is 0 Å². The second-order valence-electron chi connectivity index (χ2n) is 4.20. The zero-order valence-corrected chi connectivity index (χ0v) is 8.69. The lowest BCUT2D eigenvalue weighted by Crippen LogP contribution is -1.94. The lowest BCUT2D eigenvalue weighted by atomic mass is 9.93. The Labute approximate surface area is 92.1 Å². The number of fused-ring (bicyclic) bond motifs is 1. The minimum atomic E-state index is 0. The van der Waals surface area contributed by atoms with Crippen LogP contribution in [0.2, 0.25) is 0 Å². The third kappa shape index (κ3) is 1.46. The molecular formula is C15H16. The van der Waals surface area contributed by atoms with E-state index in [4.69, 9.17) is 0 Å². The predicted octanol–water partition coefficient (Wildman–Crippen LogP) is 4.01. The summed E-state index contributed by atoms with van der Waals surface area (Å²) in [6.45, 7) is 0. The van der Waals surface area contributed by atoms with Crippen LogP contribution in [0.5, 0.6) is 0 Å². The van der Waals surface area contributed by atoms with Gasteiger partial charge in [0.25, 0.3) is 0 Å². The third-order valence-electron chi connectivity index (χ3n) is 3.33. The molecule has 1 unspecified atom stereocenters. The van der Waals surface area contributed by atoms with Crippen molar-refractivity contribution in [2.75, 3.05) is 0 Å². The Morgan fingerprint density at radius 1 is 0.867 bits per heavy atom. The summed E-state index contributed by atoms with van der Waals surface area (Å²) in [6, 6.07) is 19.7. The molecule has 0 bridgehead atoms. The zero-order chi connectivity index (χ0) is 10.1. The van der Waals surface area contributed by atoms with Gasteiger partial charge in [-0.2, -0.15) is 0 Å². The number of hydrogen-bond donors (Lipinski definition) is 0. The molecule has 1 aliphatic carbocycles. The van der Waals surface area contributed by atoms with Crippen molar-refractivity contribution in [2.24, 2.45) is 0 Å². The number of hydrogen-bond acceptors (Lipinski definition) is 0. The van der Waals surface area contributed by atoms with Gasteiger partial charge in [-0.3, -0.25) is 0 Å². The molecule has 3 rings (SSSR count). The maximum absolute atomic E-state index is 2.28. The molecule has 0 radical (unpaired) electrons. The maximum atomic E-state index is 2.28. The normalized spacial score (nSPS) is 18.8. The molecule has 1 atom stereocenters. The molecular weight excluding hydrogens is 180 g/mol. The van der Waals surface area contributed by atoms with Crippen LogP contribution >= 0.6 is 0 Å². The smallest absolute Gasteiger partial charge is 0.00952 e. The molecule has 0 heteroatoms. The van der Waals surface area contributed by atoms with E-state index >= 15 is 0 Å². The number of benzene rings is 2. The van der Waals surface area contributed by atoms with Crippen molar-refractivity contribution in [2.45, 2.75) is 18.8 Å². The van der Waals surface area contributed by atoms with E-state index in [1.165, 1.54) is 29.5 Å². The van der Waals surface area contributed by atoms with Crippen LogP contribution in [0.15, 0.2) is 54.6 Å². The molecule has 0 saturated carbocycles. The van der Waals surface area contributed by atoms with Gasteiger partial charge in [-0.15, -0.1) is 0 Å². The molecule has 0 nitrogen and oxygen atoms in total. The van der Waals surface area contributed by atoms with Crippen molar-refractivity contribution in [1.82, 2.24) is 0 Å². The standard InChI is InChI=1S/C15H14.H2/c1-2-6-12(7-3-1)15-11-10-13-8-4-5-9-14(13)15;/h1-9,15H,10-11H2;1H. The minimum Gasteiger partial charge on any atom is -0.0622 e. The molecule has 0 saturated heterocycles. The predicted molar refractivity (Wildman–Crippen MR) is 65.2 cm³/mol. The van der Waals surface area contributed by atoms with Crippen LogP contribution in [-0.2, 0) is 6.42 Å². The Balaban J connectivity index is 0.000000963. The molecule has 2 aromatic rings. The lowest BCUT2D eigenvalue weighted by Gasteiger charge is -2.11. The van der Waals surface area contributed by atoms with Crippen LogP contribution in [0.3, 0.4) is 0 Å². The highest BCUT2D eigenvalue weighted by molar-refractivity contribution is 5.41. The fraction of sp³-hybridized carbons (Fsp3) is 0.200. The molecule has 76 valence electrons. The van der Waals surface area contributed by atoms with E-state index in [0.717, 1.165) is 0 Å². The van der Waals surface area contributed by atoms with Crippen molar-refractivity contribution in [1.29, 1.82) is 0 Å². The second kappa shape index (κ2) is 3.54. The highest BCUT2D eigenvalue weighted by atomic mass is 14.3. The Hall–Kier alpha value is -1.56. The van der Waals surface area contributed by atoms with Crippen LogP contribution in [-0.4, -0.2) is 0 Å². The van der Waals surface area contributed by atoms with Gasteiger partial charge in [0.2, 0.25) is 0 Å². The Kier molecular flexibility index (Phi) is 2.06. The fourth-order valence-electron chi connectivity index (χ4n) is 2.59. The summed E-state index contributed by atoms with van der Waals surface area (Å²) in [7, 11) is 0. The molecule has 1 aliphatic rings. The summed E-state index contributed by atoms with van der Waals surface area (Å²) in [5.74, 6) is 0.627. The van der Waals surface area contributed by atoms with Gasteiger partial charge < -0.3 is 0 Å². The fourth-order valence-corrected chi connectivity index (χ4v) is 2.59. The number of aryl methyl sites for hydroxylation is 1. The highest BCUT2D eigenvalue weighted by Crippen LogP contribution is 2.37. The largest absolute Gasteiger partial charge is 0.0622 e. The van der Waals surface area contributed by atoms with Crippen LogP contribution in [0, 0.1) is 0 Å². The van der Waals surface area contributed by atoms with E-state index < -0.39 is 0 Å². The highest BCUT2D eigenvalue weighted by Gasteiger charge is 2.22. The summed E-state index contributed by atoms with van der Waals surface area (Å²) in [6.07, 6.45) is 2.50. The number of rotatable bonds is 1. The summed E-state index contributed by atoms with van der Waals surface area (Å²) >= 11 is 0. The monoisotopic (exact) mass is 196 g/mol. The molecule has 0 aromatic heterocycles. The molecule has 2 aromatic carbocycles. The van der Waals surface area contributed by atoms with Crippen molar-refractivity contribution in [3.63, 3.8) is 0 Å². The van der Waals surface area contributed by atoms with Crippen LogP contribution < -0.4 is 0 Å². The van der Waals surface area contributed by atoms with Gasteiger partial charge in [0.05, 0.1) is 0 Å². The summed E-state index contributed by atoms with van der Waals surface area (Å²) < 4.78 is 0. The van der Waals surface area contributed by atoms with Gasteiger partial charge >= 0.3 is 0 Å². The first-order valence-corrected chi connectivity index (χ1v) is 5.58. The van der Waals surface area contributed by atoms with Crippen molar-refractivity contribution < 1.29 is 1.43 Å². The molecule has 0 heterocycles. The van der Waals surface area contributed by atoms with Crippen molar-refractivity contribution in [3.8, 4) is 0 Å². The summed E-state index contributed by atoms with van der Waals surface area (Å²) in [4.78, 5) is 0. The van der Waals surface area contributed by atoms with Gasteiger partial charge in [0.15, 0.2) is 0 Å². The van der Waals surface area contributed by atoms with Crippen LogP contribution in [0.1, 0.15) is 30.5 Å². The minimum absolute atomic E-state index is 0. The lowest BCUT2D eigenvalue weighted by molar-refractivity contribution is 0.788. The molecule has 15 heavy (non-hydrogen) atoms. The van der Waals surface area contributed by atoms with E-state index in [1.807, 2.05) is 0 Å². The topological polar surface area (TPSA) is 0 Å². The second-order valence-corrected chi connectivity index (χ2v) is 4.20. The summed E-state index contributed by atoms with van der Waals surface area (Å²) in [5.41, 5.74) is 4.53. The average molecular weight is 196 g/mol. The van der Waals surface area contributed by atoms with Gasteiger partial charge in [0.1, 0.15) is 0 Å². The molecule has 0 amide bonds. The summed E-state index contributed by atoms with van der Waals surface area (Å²) in [5, 5.41) is 0. The zero-order valence-electron chi connectivity index (χ0n) is 8.69. The van der Waals surface area contributed by atoms with Crippen molar-refractivity contribution in [3.05, 3.63) is 71.3 Å². The SMILES string of the molecule is [HH].c1ccc(C2CCc3ccccc32)cc1. The Bertz CT molecular complexity index is 462. The first-order chi connectivity index (χ1) is 7.45. The quantitative estimate of drug-likeness (QED) is 0.646. The van der Waals surface area contributed by atoms with E-state index in [2.05, 4.69) is 54.6 Å².